The Balaban J connectivity index is 2.72. The second kappa shape index (κ2) is 4.79. The van der Waals surface area contributed by atoms with E-state index in [2.05, 4.69) is 49.2 Å². The third-order valence-corrected chi connectivity index (χ3v) is 3.41. The fourth-order valence-corrected chi connectivity index (χ4v) is 2.26. The molecule has 0 spiro atoms. The second-order valence-corrected chi connectivity index (χ2v) is 4.72. The van der Waals surface area contributed by atoms with E-state index in [1.165, 1.54) is 5.19 Å². The zero-order chi connectivity index (χ0) is 8.81. The molecule has 61 valence electrons. The van der Waals surface area contributed by atoms with Crippen LogP contribution in [0.1, 0.15) is 13.3 Å². The van der Waals surface area contributed by atoms with Crippen molar-refractivity contribution in [3.8, 4) is 11.5 Å². The molecule has 1 radical (unpaired) electrons. The first-order chi connectivity index (χ1) is 5.84. The van der Waals surface area contributed by atoms with Crippen molar-refractivity contribution in [1.29, 1.82) is 0 Å². The van der Waals surface area contributed by atoms with Crippen LogP contribution in [-0.4, -0.2) is 8.80 Å². The molecule has 0 aromatic heterocycles. The van der Waals surface area contributed by atoms with E-state index >= 15 is 0 Å². The first-order valence-corrected chi connectivity index (χ1v) is 6.22. The van der Waals surface area contributed by atoms with Crippen LogP contribution in [-0.2, 0) is 0 Å². The molecule has 1 heteroatoms. The van der Waals surface area contributed by atoms with Gasteiger partial charge in [0.05, 0.1) is 0 Å². The Morgan fingerprint density at radius 3 is 2.50 bits per heavy atom. The van der Waals surface area contributed by atoms with Gasteiger partial charge in [-0.15, -0.1) is 11.5 Å². The lowest BCUT2D eigenvalue weighted by atomic mass is 10.4. The van der Waals surface area contributed by atoms with Crippen LogP contribution in [0.5, 0.6) is 0 Å². The van der Waals surface area contributed by atoms with Gasteiger partial charge in [-0.05, 0) is 5.19 Å². The minimum absolute atomic E-state index is 0.591. The molecule has 0 N–H and O–H groups in total. The van der Waals surface area contributed by atoms with Crippen molar-refractivity contribution in [2.24, 2.45) is 0 Å². The van der Waals surface area contributed by atoms with Gasteiger partial charge in [-0.25, -0.2) is 0 Å². The van der Waals surface area contributed by atoms with Crippen molar-refractivity contribution in [3.05, 3.63) is 30.3 Å². The second-order valence-electron chi connectivity index (χ2n) is 2.65. The van der Waals surface area contributed by atoms with Crippen LogP contribution in [0.25, 0.3) is 0 Å². The van der Waals surface area contributed by atoms with Crippen LogP contribution in [0, 0.1) is 11.5 Å². The van der Waals surface area contributed by atoms with E-state index in [1.54, 1.807) is 0 Å². The summed E-state index contributed by atoms with van der Waals surface area (Å²) < 4.78 is 0. The first-order valence-electron chi connectivity index (χ1n) is 4.22. The van der Waals surface area contributed by atoms with Gasteiger partial charge in [0.15, 0.2) is 8.80 Å². The third-order valence-electron chi connectivity index (χ3n) is 1.66. The standard InChI is InChI=1S/C11H13Si/c1-3-4-10-12(2)11-8-6-5-7-9-11/h5-9H,3H2,1-2H3. The van der Waals surface area contributed by atoms with Crippen molar-refractivity contribution >= 4 is 14.0 Å². The molecule has 0 heterocycles. The summed E-state index contributed by atoms with van der Waals surface area (Å²) in [5, 5.41) is 1.41. The maximum Gasteiger partial charge on any atom is 0.175 e. The Morgan fingerprint density at radius 2 is 1.92 bits per heavy atom. The zero-order valence-electron chi connectivity index (χ0n) is 7.59. The highest BCUT2D eigenvalue weighted by molar-refractivity contribution is 6.79. The van der Waals surface area contributed by atoms with Gasteiger partial charge in [0, 0.05) is 6.42 Å². The van der Waals surface area contributed by atoms with Crippen molar-refractivity contribution in [2.75, 3.05) is 0 Å². The summed E-state index contributed by atoms with van der Waals surface area (Å²) in [6.07, 6.45) is 0.967. The van der Waals surface area contributed by atoms with Crippen LogP contribution in [0.3, 0.4) is 0 Å². The van der Waals surface area contributed by atoms with E-state index < -0.39 is 8.80 Å². The maximum atomic E-state index is 3.30. The number of benzene rings is 1. The summed E-state index contributed by atoms with van der Waals surface area (Å²) in [4.78, 5) is 0. The number of hydrogen-bond acceptors (Lipinski definition) is 0. The smallest absolute Gasteiger partial charge is 0.128 e. The zero-order valence-corrected chi connectivity index (χ0v) is 8.59. The van der Waals surface area contributed by atoms with Crippen LogP contribution >= 0.6 is 0 Å². The summed E-state index contributed by atoms with van der Waals surface area (Å²) in [5.41, 5.74) is 3.30. The highest BCUT2D eigenvalue weighted by Crippen LogP contribution is 1.87. The summed E-state index contributed by atoms with van der Waals surface area (Å²) in [5.74, 6) is 3.14. The van der Waals surface area contributed by atoms with Crippen molar-refractivity contribution in [1.82, 2.24) is 0 Å². The van der Waals surface area contributed by atoms with Gasteiger partial charge in [0.2, 0.25) is 0 Å². The Hall–Kier alpha value is -1.00. The largest absolute Gasteiger partial charge is 0.175 e. The molecule has 0 saturated heterocycles. The normalized spacial score (nSPS) is 9.25. The fourth-order valence-electron chi connectivity index (χ4n) is 0.981. The van der Waals surface area contributed by atoms with Crippen LogP contribution in [0.2, 0.25) is 6.55 Å². The predicted molar refractivity (Wildman–Crippen MR) is 55.8 cm³/mol. The number of rotatable bonds is 1. The molecule has 1 aromatic carbocycles. The Morgan fingerprint density at radius 1 is 1.25 bits per heavy atom. The molecule has 0 bridgehead atoms. The maximum absolute atomic E-state index is 3.30. The molecule has 0 nitrogen and oxygen atoms in total. The van der Waals surface area contributed by atoms with Gasteiger partial charge in [0.1, 0.15) is 0 Å². The quantitative estimate of drug-likeness (QED) is 0.450. The van der Waals surface area contributed by atoms with Crippen molar-refractivity contribution in [2.45, 2.75) is 19.9 Å². The molecule has 0 unspecified atom stereocenters. The Bertz CT molecular complexity index is 279. The van der Waals surface area contributed by atoms with Crippen LogP contribution in [0.4, 0.5) is 0 Å². The van der Waals surface area contributed by atoms with E-state index in [9.17, 15) is 0 Å². The molecule has 1 rings (SSSR count). The molecule has 1 aromatic rings. The van der Waals surface area contributed by atoms with Gasteiger partial charge in [-0.3, -0.25) is 0 Å². The van der Waals surface area contributed by atoms with Crippen molar-refractivity contribution in [3.63, 3.8) is 0 Å². The summed E-state index contributed by atoms with van der Waals surface area (Å²) >= 11 is 0. The summed E-state index contributed by atoms with van der Waals surface area (Å²) in [6, 6.07) is 10.5. The molecule has 0 amide bonds. The molecule has 0 aliphatic carbocycles. The third kappa shape index (κ3) is 2.56. The molecule has 0 aliphatic rings. The minimum atomic E-state index is -0.591. The fraction of sp³-hybridized carbons (Fsp3) is 0.273. The molecular weight excluding hydrogens is 160 g/mol. The number of hydrogen-bond donors (Lipinski definition) is 0. The Kier molecular flexibility index (Phi) is 3.63. The lowest BCUT2D eigenvalue weighted by molar-refractivity contribution is 1.28. The van der Waals surface area contributed by atoms with Gasteiger partial charge >= 0.3 is 0 Å². The van der Waals surface area contributed by atoms with Crippen molar-refractivity contribution < 1.29 is 0 Å². The van der Waals surface area contributed by atoms with E-state index in [0.717, 1.165) is 6.42 Å². The molecule has 0 saturated carbocycles. The van der Waals surface area contributed by atoms with E-state index in [4.69, 9.17) is 0 Å². The van der Waals surface area contributed by atoms with Gasteiger partial charge < -0.3 is 0 Å². The molecule has 0 atom stereocenters. The van der Waals surface area contributed by atoms with Gasteiger partial charge in [-0.2, -0.15) is 0 Å². The summed E-state index contributed by atoms with van der Waals surface area (Å²) in [6.45, 7) is 4.33. The molecular formula is C11H13Si. The highest BCUT2D eigenvalue weighted by atomic mass is 28.3. The van der Waals surface area contributed by atoms with Crippen LogP contribution in [0.15, 0.2) is 30.3 Å². The van der Waals surface area contributed by atoms with E-state index in [-0.39, 0.29) is 0 Å². The van der Waals surface area contributed by atoms with Crippen LogP contribution < -0.4 is 5.19 Å². The molecule has 0 fully saturated rings. The molecule has 12 heavy (non-hydrogen) atoms. The van der Waals surface area contributed by atoms with Gasteiger partial charge in [-0.1, -0.05) is 43.8 Å². The van der Waals surface area contributed by atoms with E-state index in [1.807, 2.05) is 6.07 Å². The Labute approximate surface area is 76.2 Å². The highest BCUT2D eigenvalue weighted by Gasteiger charge is 2.01. The monoisotopic (exact) mass is 173 g/mol. The average Bonchev–Trinajstić information content (AvgIpc) is 2.15. The lowest BCUT2D eigenvalue weighted by Gasteiger charge is -1.99. The first kappa shape index (κ1) is 9.09. The minimum Gasteiger partial charge on any atom is -0.128 e. The SMILES string of the molecule is CCC#C[Si](C)c1ccccc1. The van der Waals surface area contributed by atoms with E-state index in [0.29, 0.717) is 0 Å². The lowest BCUT2D eigenvalue weighted by Crippen LogP contribution is -2.24. The predicted octanol–water partition coefficient (Wildman–Crippen LogP) is 1.97. The average molecular weight is 173 g/mol. The molecule has 0 aliphatic heterocycles. The van der Waals surface area contributed by atoms with Gasteiger partial charge in [0.25, 0.3) is 0 Å². The topological polar surface area (TPSA) is 0 Å². The summed E-state index contributed by atoms with van der Waals surface area (Å²) in [7, 11) is -0.591.